The fraction of sp³-hybridized carbons (Fsp3) is 0.318. The molecule has 0 bridgehead atoms. The number of fused-ring (bicyclic) bond motifs is 1. The number of carbonyl (C=O) groups excluding carboxylic acids is 1. The van der Waals surface area contributed by atoms with Gasteiger partial charge in [0.05, 0.1) is 11.6 Å². The third-order valence-electron chi connectivity index (χ3n) is 4.89. The molecule has 2 aromatic rings. The molecule has 9 nitrogen and oxygen atoms in total. The van der Waals surface area contributed by atoms with Crippen molar-refractivity contribution in [3.8, 4) is 17.6 Å². The molecule has 9 heteroatoms. The Morgan fingerprint density at radius 2 is 1.81 bits per heavy atom. The van der Waals surface area contributed by atoms with Crippen molar-refractivity contribution in [3.63, 3.8) is 0 Å². The smallest absolute Gasteiger partial charge is 0.203 e. The Balaban J connectivity index is 2.22. The zero-order chi connectivity index (χ0) is 23.0. The molecule has 1 aromatic heterocycles. The number of carbonyl (C=O) groups is 1. The molecule has 1 heterocycles. The molecular weight excluding hydrogens is 406 g/mol. The minimum Gasteiger partial charge on any atom is -0.508 e. The van der Waals surface area contributed by atoms with Crippen molar-refractivity contribution in [2.75, 3.05) is 0 Å². The number of aromatic hydroxyl groups is 2. The molecule has 0 radical (unpaired) electrons. The van der Waals surface area contributed by atoms with Crippen LogP contribution in [-0.2, 0) is 20.0 Å². The van der Waals surface area contributed by atoms with Crippen LogP contribution >= 0.6 is 0 Å². The Hall–Kier alpha value is -3.45. The highest BCUT2D eigenvalue weighted by atomic mass is 17.1. The van der Waals surface area contributed by atoms with Gasteiger partial charge >= 0.3 is 0 Å². The number of phenols is 2. The molecule has 31 heavy (non-hydrogen) atoms. The third-order valence-corrected chi connectivity index (χ3v) is 4.89. The molecule has 0 spiro atoms. The molecule has 0 saturated heterocycles. The summed E-state index contributed by atoms with van der Waals surface area (Å²) in [5.41, 5.74) is -5.28. The largest absolute Gasteiger partial charge is 0.508 e. The number of allylic oxidation sites excluding steroid dienone is 2. The standard InChI is InChI=1S/C22H21NO8/c1-20(2,31-28)11-21(3,12-23)30-22(6-4-13(24)5-7-22)15-10-29-17-9-14(25)8-16(26)18(17)19(15)27/h4-10,25-26,28H,11H2,1-3H3. The Kier molecular flexibility index (Phi) is 5.50. The number of hydrogen-bond acceptors (Lipinski definition) is 9. The first-order valence-corrected chi connectivity index (χ1v) is 9.29. The fourth-order valence-corrected chi connectivity index (χ4v) is 3.63. The third kappa shape index (κ3) is 4.22. The summed E-state index contributed by atoms with van der Waals surface area (Å²) >= 11 is 0. The number of hydrogen-bond donors (Lipinski definition) is 3. The summed E-state index contributed by atoms with van der Waals surface area (Å²) in [4.78, 5) is 29.5. The van der Waals surface area contributed by atoms with Crippen LogP contribution in [0.5, 0.6) is 11.5 Å². The van der Waals surface area contributed by atoms with Crippen molar-refractivity contribution in [1.82, 2.24) is 0 Å². The number of benzene rings is 1. The maximum atomic E-state index is 13.3. The Morgan fingerprint density at radius 1 is 1.16 bits per heavy atom. The normalized spacial score (nSPS) is 17.5. The number of ether oxygens (including phenoxy) is 1. The molecule has 1 atom stereocenters. The van der Waals surface area contributed by atoms with Crippen LogP contribution in [0.4, 0.5) is 0 Å². The van der Waals surface area contributed by atoms with Gasteiger partial charge in [-0.05, 0) is 45.1 Å². The van der Waals surface area contributed by atoms with Crippen molar-refractivity contribution >= 4 is 16.8 Å². The van der Waals surface area contributed by atoms with E-state index in [2.05, 4.69) is 4.89 Å². The lowest BCUT2D eigenvalue weighted by molar-refractivity contribution is -0.322. The van der Waals surface area contributed by atoms with Gasteiger partial charge in [0.2, 0.25) is 5.43 Å². The van der Waals surface area contributed by atoms with Crippen molar-refractivity contribution in [1.29, 1.82) is 5.26 Å². The maximum Gasteiger partial charge on any atom is 0.203 e. The van der Waals surface area contributed by atoms with Gasteiger partial charge in [0.25, 0.3) is 0 Å². The van der Waals surface area contributed by atoms with E-state index in [0.29, 0.717) is 0 Å². The van der Waals surface area contributed by atoms with Gasteiger partial charge in [0, 0.05) is 18.6 Å². The quantitative estimate of drug-likeness (QED) is 0.467. The maximum absolute atomic E-state index is 13.3. The molecule has 1 unspecified atom stereocenters. The zero-order valence-electron chi connectivity index (χ0n) is 17.1. The molecule has 1 aromatic carbocycles. The fourth-order valence-electron chi connectivity index (χ4n) is 3.63. The van der Waals surface area contributed by atoms with Crippen LogP contribution in [0.1, 0.15) is 32.8 Å². The van der Waals surface area contributed by atoms with Crippen LogP contribution in [0.2, 0.25) is 0 Å². The van der Waals surface area contributed by atoms with E-state index in [0.717, 1.165) is 12.3 Å². The summed E-state index contributed by atoms with van der Waals surface area (Å²) in [7, 11) is 0. The van der Waals surface area contributed by atoms with E-state index in [9.17, 15) is 25.1 Å². The number of nitriles is 1. The zero-order valence-corrected chi connectivity index (χ0v) is 17.1. The van der Waals surface area contributed by atoms with Crippen molar-refractivity contribution in [3.05, 3.63) is 58.5 Å². The minimum absolute atomic E-state index is 0.0564. The summed E-state index contributed by atoms with van der Waals surface area (Å²) in [5.74, 6) is -1.15. The Bertz CT molecular complexity index is 1180. The molecule has 3 N–H and O–H groups in total. The van der Waals surface area contributed by atoms with E-state index in [1.807, 2.05) is 6.07 Å². The van der Waals surface area contributed by atoms with Gasteiger partial charge in [-0.2, -0.15) is 5.26 Å². The second kappa shape index (κ2) is 7.67. The molecule has 0 amide bonds. The predicted molar refractivity (Wildman–Crippen MR) is 108 cm³/mol. The summed E-state index contributed by atoms with van der Waals surface area (Å²) < 4.78 is 11.6. The summed E-state index contributed by atoms with van der Waals surface area (Å²) in [6.45, 7) is 4.54. The van der Waals surface area contributed by atoms with Gasteiger partial charge in [-0.3, -0.25) is 14.8 Å². The molecule has 0 saturated carbocycles. The SMILES string of the molecule is CC(C)(CC(C)(C#N)OC1(c2coc3cc(O)cc(O)c3c2=O)C=CC(=O)C=C1)OO. The topological polar surface area (TPSA) is 150 Å². The van der Waals surface area contributed by atoms with E-state index in [4.69, 9.17) is 14.4 Å². The lowest BCUT2D eigenvalue weighted by atomic mass is 9.86. The highest BCUT2D eigenvalue weighted by molar-refractivity contribution is 6.00. The molecule has 3 rings (SSSR count). The van der Waals surface area contributed by atoms with E-state index < -0.39 is 28.0 Å². The van der Waals surface area contributed by atoms with Crippen LogP contribution in [0, 0.1) is 11.3 Å². The van der Waals surface area contributed by atoms with Crippen LogP contribution in [0.3, 0.4) is 0 Å². The van der Waals surface area contributed by atoms with Gasteiger partial charge in [-0.15, -0.1) is 0 Å². The Morgan fingerprint density at radius 3 is 2.39 bits per heavy atom. The molecule has 162 valence electrons. The summed E-state index contributed by atoms with van der Waals surface area (Å²) in [5, 5.41) is 38.6. The lowest BCUT2D eigenvalue weighted by Gasteiger charge is -2.38. The van der Waals surface area contributed by atoms with Gasteiger partial charge in [-0.1, -0.05) is 0 Å². The van der Waals surface area contributed by atoms with Gasteiger partial charge in [0.15, 0.2) is 11.4 Å². The van der Waals surface area contributed by atoms with E-state index in [-0.39, 0.29) is 34.5 Å². The molecule has 0 fully saturated rings. The second-order valence-corrected chi connectivity index (χ2v) is 8.15. The summed E-state index contributed by atoms with van der Waals surface area (Å²) in [6.07, 6.45) is 5.99. The highest BCUT2D eigenvalue weighted by Gasteiger charge is 2.44. The lowest BCUT2D eigenvalue weighted by Crippen LogP contribution is -2.45. The Labute approximate surface area is 177 Å². The number of nitrogens with zero attached hydrogens (tertiary/aromatic N) is 1. The first kappa shape index (κ1) is 22.2. The number of phenolic OH excluding ortho intramolecular Hbond substituents is 2. The van der Waals surface area contributed by atoms with E-state index in [1.54, 1.807) is 13.8 Å². The first-order chi connectivity index (χ1) is 14.4. The molecular formula is C22H21NO8. The van der Waals surface area contributed by atoms with Gasteiger partial charge < -0.3 is 19.4 Å². The molecule has 0 aliphatic heterocycles. The van der Waals surface area contributed by atoms with Gasteiger partial charge in [0.1, 0.15) is 39.9 Å². The first-order valence-electron chi connectivity index (χ1n) is 9.29. The van der Waals surface area contributed by atoms with Gasteiger partial charge in [-0.25, -0.2) is 4.89 Å². The van der Waals surface area contributed by atoms with Crippen LogP contribution < -0.4 is 5.43 Å². The van der Waals surface area contributed by atoms with Crippen LogP contribution in [0.15, 0.2) is 51.9 Å². The number of rotatable bonds is 6. The van der Waals surface area contributed by atoms with E-state index in [1.165, 1.54) is 37.3 Å². The molecule has 1 aliphatic carbocycles. The monoisotopic (exact) mass is 427 g/mol. The minimum atomic E-state index is -1.69. The van der Waals surface area contributed by atoms with Crippen molar-refractivity contribution in [2.24, 2.45) is 0 Å². The van der Waals surface area contributed by atoms with Crippen LogP contribution in [-0.4, -0.2) is 32.5 Å². The predicted octanol–water partition coefficient (Wildman–Crippen LogP) is 3.05. The molecule has 1 aliphatic rings. The second-order valence-electron chi connectivity index (χ2n) is 8.15. The number of ketones is 1. The average Bonchev–Trinajstić information content (AvgIpc) is 2.69. The van der Waals surface area contributed by atoms with Crippen molar-refractivity contribution < 1.29 is 34.3 Å². The van der Waals surface area contributed by atoms with Crippen molar-refractivity contribution in [2.45, 2.75) is 44.0 Å². The van der Waals surface area contributed by atoms with Crippen LogP contribution in [0.25, 0.3) is 11.0 Å². The van der Waals surface area contributed by atoms with E-state index >= 15 is 0 Å². The highest BCUT2D eigenvalue weighted by Crippen LogP contribution is 2.39. The summed E-state index contributed by atoms with van der Waals surface area (Å²) in [6, 6.07) is 4.18. The average molecular weight is 427 g/mol.